The van der Waals surface area contributed by atoms with Crippen molar-refractivity contribution in [3.8, 4) is 22.3 Å². The predicted octanol–water partition coefficient (Wildman–Crippen LogP) is 11.7. The van der Waals surface area contributed by atoms with Crippen molar-refractivity contribution < 1.29 is 8.83 Å². The lowest BCUT2D eigenvalue weighted by Crippen LogP contribution is -2.45. The fourth-order valence-corrected chi connectivity index (χ4v) is 8.17. The summed E-state index contributed by atoms with van der Waals surface area (Å²) in [4.78, 5) is 9.71. The van der Waals surface area contributed by atoms with E-state index >= 15 is 0 Å². The Hall–Kier alpha value is -7.02. The van der Waals surface area contributed by atoms with E-state index in [0.29, 0.717) is 0 Å². The van der Waals surface area contributed by atoms with Crippen molar-refractivity contribution in [2.45, 2.75) is 12.3 Å². The number of hydrogen-bond acceptors (Lipinski definition) is 6. The Kier molecular flexibility index (Phi) is 6.97. The first kappa shape index (κ1) is 30.6. The van der Waals surface area contributed by atoms with Gasteiger partial charge in [-0.1, -0.05) is 121 Å². The highest BCUT2D eigenvalue weighted by Gasteiger charge is 2.30. The lowest BCUT2D eigenvalue weighted by atomic mass is 9.90. The number of para-hydroxylation sites is 1. The van der Waals surface area contributed by atoms with Gasteiger partial charge in [0.1, 0.15) is 40.5 Å². The van der Waals surface area contributed by atoms with Crippen LogP contribution in [0.4, 0.5) is 0 Å². The third-order valence-electron chi connectivity index (χ3n) is 10.7. The van der Waals surface area contributed by atoms with Gasteiger partial charge in [-0.25, -0.2) is 4.99 Å². The van der Waals surface area contributed by atoms with Crippen LogP contribution in [0.3, 0.4) is 0 Å². The smallest absolute Gasteiger partial charge is 0.143 e. The van der Waals surface area contributed by atoms with Crippen molar-refractivity contribution >= 4 is 60.5 Å². The minimum absolute atomic E-state index is 0.291. The average Bonchev–Trinajstić information content (AvgIpc) is 3.81. The molecule has 2 unspecified atom stereocenters. The average molecular weight is 697 g/mol. The van der Waals surface area contributed by atoms with E-state index in [9.17, 15) is 0 Å². The molecule has 256 valence electrons. The molecule has 7 aromatic carbocycles. The Morgan fingerprint density at radius 2 is 1.24 bits per heavy atom. The zero-order valence-electron chi connectivity index (χ0n) is 29.0. The van der Waals surface area contributed by atoms with Gasteiger partial charge in [-0.3, -0.25) is 10.3 Å². The first-order valence-corrected chi connectivity index (χ1v) is 18.2. The second-order valence-corrected chi connectivity index (χ2v) is 13.8. The molecule has 0 radical (unpaired) electrons. The van der Waals surface area contributed by atoms with Crippen LogP contribution in [0.1, 0.15) is 29.0 Å². The number of nitrogens with zero attached hydrogens (tertiary/aromatic N) is 2. The van der Waals surface area contributed by atoms with Crippen molar-refractivity contribution in [2.75, 3.05) is 0 Å². The number of rotatable bonds is 5. The van der Waals surface area contributed by atoms with E-state index in [1.54, 1.807) is 0 Å². The van der Waals surface area contributed by atoms with Crippen LogP contribution in [0.25, 0.3) is 76.9 Å². The molecule has 0 saturated heterocycles. The van der Waals surface area contributed by atoms with Gasteiger partial charge in [0.05, 0.1) is 0 Å². The maximum Gasteiger partial charge on any atom is 0.143 e. The highest BCUT2D eigenvalue weighted by molar-refractivity contribution is 6.19. The van der Waals surface area contributed by atoms with Crippen molar-refractivity contribution in [1.82, 2.24) is 15.6 Å². The number of aromatic nitrogens is 1. The molecule has 6 nitrogen and oxygen atoms in total. The molecule has 0 saturated carbocycles. The molecular weight excluding hydrogens is 665 g/mol. The zero-order valence-corrected chi connectivity index (χ0v) is 29.0. The van der Waals surface area contributed by atoms with Crippen molar-refractivity contribution in [3.63, 3.8) is 0 Å². The normalized spacial score (nSPS) is 16.0. The number of benzene rings is 7. The molecular formula is C48H32N4O2. The maximum atomic E-state index is 6.82. The lowest BCUT2D eigenvalue weighted by Gasteiger charge is -2.33. The number of hydrogen-bond donors (Lipinski definition) is 2. The first-order valence-electron chi connectivity index (χ1n) is 18.2. The first-order chi connectivity index (χ1) is 26.8. The number of amidine groups is 1. The molecule has 54 heavy (non-hydrogen) atoms. The Balaban J connectivity index is 1.12. The van der Waals surface area contributed by atoms with Gasteiger partial charge in [-0.2, -0.15) is 0 Å². The van der Waals surface area contributed by atoms with E-state index in [0.717, 1.165) is 99.4 Å². The summed E-state index contributed by atoms with van der Waals surface area (Å²) in [5.74, 6) is 0.822. The van der Waals surface area contributed by atoms with Crippen molar-refractivity contribution in [1.29, 1.82) is 0 Å². The van der Waals surface area contributed by atoms with Crippen molar-refractivity contribution in [3.05, 3.63) is 187 Å². The van der Waals surface area contributed by atoms with Crippen LogP contribution in [-0.2, 0) is 0 Å². The maximum absolute atomic E-state index is 6.82. The lowest BCUT2D eigenvalue weighted by molar-refractivity contribution is 0.411. The Morgan fingerprint density at radius 1 is 0.500 bits per heavy atom. The highest BCUT2D eigenvalue weighted by atomic mass is 16.3. The molecule has 0 amide bonds. The van der Waals surface area contributed by atoms with E-state index in [1.165, 1.54) is 0 Å². The molecule has 4 heterocycles. The second kappa shape index (κ2) is 12.3. The Morgan fingerprint density at radius 3 is 2.13 bits per heavy atom. The van der Waals surface area contributed by atoms with Crippen LogP contribution >= 0.6 is 0 Å². The summed E-state index contributed by atoms with van der Waals surface area (Å²) in [5.41, 5.74) is 10.9. The quantitative estimate of drug-likeness (QED) is 0.187. The molecule has 0 fully saturated rings. The standard InChI is InChI=1S/C48H32N4O2/c1-3-12-29(13-4-1)33-22-23-35(44-39-26-31-24-25-49-28-32(31)27-42(39)54-45(33)44)34-16-7-8-17-36(34)47-50-46(30-14-5-2-6-15-30)51-48(52-47)38-19-11-21-41-43(38)37-18-9-10-20-40(37)53-41/h1-28,47-48,52H,(H,50,51). The molecule has 6 heteroatoms. The predicted molar refractivity (Wildman–Crippen MR) is 218 cm³/mol. The number of aliphatic imine (C=N–C) groups is 1. The fourth-order valence-electron chi connectivity index (χ4n) is 8.17. The molecule has 2 atom stereocenters. The van der Waals surface area contributed by atoms with Crippen molar-refractivity contribution in [2.24, 2.45) is 4.99 Å². The Labute approximate surface area is 310 Å². The van der Waals surface area contributed by atoms with Gasteiger partial charge < -0.3 is 14.2 Å². The van der Waals surface area contributed by atoms with Gasteiger partial charge in [-0.15, -0.1) is 0 Å². The Bertz CT molecular complexity index is 3070. The summed E-state index contributed by atoms with van der Waals surface area (Å²) in [6, 6.07) is 54.8. The fraction of sp³-hybridized carbons (Fsp3) is 0.0417. The highest BCUT2D eigenvalue weighted by Crippen LogP contribution is 2.45. The van der Waals surface area contributed by atoms with Crippen LogP contribution in [0.15, 0.2) is 184 Å². The summed E-state index contributed by atoms with van der Waals surface area (Å²) < 4.78 is 13.1. The minimum atomic E-state index is -0.362. The van der Waals surface area contributed by atoms with E-state index in [4.69, 9.17) is 13.8 Å². The number of nitrogens with one attached hydrogen (secondary N) is 2. The molecule has 10 aromatic rings. The van der Waals surface area contributed by atoms with E-state index in [2.05, 4.69) is 143 Å². The van der Waals surface area contributed by atoms with Crippen LogP contribution < -0.4 is 10.6 Å². The largest absolute Gasteiger partial charge is 0.456 e. The van der Waals surface area contributed by atoms with Crippen LogP contribution in [-0.4, -0.2) is 10.8 Å². The number of furan rings is 2. The molecule has 0 aliphatic carbocycles. The summed E-state index contributed by atoms with van der Waals surface area (Å²) in [5, 5.41) is 14.2. The summed E-state index contributed by atoms with van der Waals surface area (Å²) in [7, 11) is 0. The third kappa shape index (κ3) is 4.92. The van der Waals surface area contributed by atoms with Crippen LogP contribution in [0.2, 0.25) is 0 Å². The topological polar surface area (TPSA) is 75.6 Å². The third-order valence-corrected chi connectivity index (χ3v) is 10.7. The zero-order chi connectivity index (χ0) is 35.6. The van der Waals surface area contributed by atoms with Gasteiger partial charge in [-0.05, 0) is 64.0 Å². The molecule has 3 aromatic heterocycles. The van der Waals surface area contributed by atoms with E-state index in [-0.39, 0.29) is 12.3 Å². The van der Waals surface area contributed by atoms with Gasteiger partial charge in [0.2, 0.25) is 0 Å². The molecule has 11 rings (SSSR count). The van der Waals surface area contributed by atoms with Crippen LogP contribution in [0, 0.1) is 0 Å². The SMILES string of the molecule is c1ccc(C2=NC(c3cccc4oc5ccccc5c34)NC(c3ccccc3-c3ccc(-c4ccccc4)c4oc5cc6cnccc6cc5c34)N2)cc1. The molecule has 2 N–H and O–H groups in total. The van der Waals surface area contributed by atoms with Gasteiger partial charge in [0.15, 0.2) is 0 Å². The molecule has 1 aliphatic rings. The summed E-state index contributed by atoms with van der Waals surface area (Å²) >= 11 is 0. The van der Waals surface area contributed by atoms with Gasteiger partial charge in [0, 0.05) is 56.0 Å². The van der Waals surface area contributed by atoms with Crippen LogP contribution in [0.5, 0.6) is 0 Å². The monoisotopic (exact) mass is 696 g/mol. The second-order valence-electron chi connectivity index (χ2n) is 13.8. The van der Waals surface area contributed by atoms with Gasteiger partial charge >= 0.3 is 0 Å². The summed E-state index contributed by atoms with van der Waals surface area (Å²) in [6.07, 6.45) is 3.09. The van der Waals surface area contributed by atoms with E-state index < -0.39 is 0 Å². The number of pyridine rings is 1. The molecule has 0 bridgehead atoms. The van der Waals surface area contributed by atoms with Gasteiger partial charge in [0.25, 0.3) is 0 Å². The van der Waals surface area contributed by atoms with E-state index in [1.807, 2.05) is 42.7 Å². The summed E-state index contributed by atoms with van der Waals surface area (Å²) in [6.45, 7) is 0. The number of fused-ring (bicyclic) bond motifs is 7. The minimum Gasteiger partial charge on any atom is -0.456 e. The molecule has 0 spiro atoms. The molecule has 1 aliphatic heterocycles.